The van der Waals surface area contributed by atoms with Gasteiger partial charge < -0.3 is 14.3 Å². The summed E-state index contributed by atoms with van der Waals surface area (Å²) in [7, 11) is 1.62. The second-order valence-corrected chi connectivity index (χ2v) is 4.19. The molecule has 1 amide bonds. The highest BCUT2D eigenvalue weighted by atomic mass is 16.5. The van der Waals surface area contributed by atoms with E-state index in [-0.39, 0.29) is 12.4 Å². The van der Waals surface area contributed by atoms with Crippen LogP contribution in [-0.2, 0) is 11.3 Å². The number of aryl methyl sites for hydroxylation is 1. The van der Waals surface area contributed by atoms with Gasteiger partial charge in [0.15, 0.2) is 5.76 Å². The van der Waals surface area contributed by atoms with Gasteiger partial charge in [-0.05, 0) is 13.0 Å². The molecule has 1 rings (SSSR count). The predicted octanol–water partition coefficient (Wildman–Crippen LogP) is -0.368. The number of nitrogens with one attached hydrogen (secondary N) is 1. The Kier molecular flexibility index (Phi) is 6.51. The second-order valence-electron chi connectivity index (χ2n) is 4.19. The van der Waals surface area contributed by atoms with Crippen molar-refractivity contribution in [1.82, 2.24) is 10.3 Å². The third kappa shape index (κ3) is 4.64. The first-order valence-electron chi connectivity index (χ1n) is 6.04. The van der Waals surface area contributed by atoms with E-state index in [1.807, 2.05) is 10.3 Å². The molecule has 1 aromatic rings. The van der Waals surface area contributed by atoms with E-state index in [4.69, 9.17) is 20.1 Å². The maximum absolute atomic E-state index is 11.4. The Morgan fingerprint density at radius 3 is 2.89 bits per heavy atom. The van der Waals surface area contributed by atoms with Gasteiger partial charge in [-0.25, -0.2) is 5.84 Å². The minimum Gasteiger partial charge on any atom is -0.454 e. The number of carbonyl (C=O) groups excluding carboxylic acids is 1. The SMILES string of the molecule is COCCN(CCO)Cc1cc(C)c(C(=O)NN)o1. The molecule has 0 spiro atoms. The monoisotopic (exact) mass is 271 g/mol. The molecular weight excluding hydrogens is 250 g/mol. The molecule has 1 aromatic heterocycles. The molecule has 108 valence electrons. The smallest absolute Gasteiger partial charge is 0.301 e. The summed E-state index contributed by atoms with van der Waals surface area (Å²) in [5.41, 5.74) is 2.77. The van der Waals surface area contributed by atoms with Crippen molar-refractivity contribution in [3.8, 4) is 0 Å². The number of methoxy groups -OCH3 is 1. The fourth-order valence-electron chi connectivity index (χ4n) is 1.77. The normalized spacial score (nSPS) is 11.0. The van der Waals surface area contributed by atoms with Crippen molar-refractivity contribution in [3.63, 3.8) is 0 Å². The molecule has 0 radical (unpaired) electrons. The molecule has 0 fully saturated rings. The number of hydrazine groups is 1. The number of aliphatic hydroxyl groups is 1. The quantitative estimate of drug-likeness (QED) is 0.339. The molecule has 7 heteroatoms. The van der Waals surface area contributed by atoms with Crippen molar-refractivity contribution in [2.24, 2.45) is 5.84 Å². The van der Waals surface area contributed by atoms with E-state index in [1.165, 1.54) is 0 Å². The lowest BCUT2D eigenvalue weighted by atomic mass is 10.2. The Bertz CT molecular complexity index is 406. The Morgan fingerprint density at radius 2 is 2.32 bits per heavy atom. The second kappa shape index (κ2) is 7.90. The van der Waals surface area contributed by atoms with Crippen molar-refractivity contribution < 1.29 is 19.1 Å². The summed E-state index contributed by atoms with van der Waals surface area (Å²) in [5.74, 6) is 5.50. The third-order valence-corrected chi connectivity index (χ3v) is 2.71. The van der Waals surface area contributed by atoms with Crippen LogP contribution in [0.5, 0.6) is 0 Å². The number of carbonyl (C=O) groups is 1. The molecule has 0 atom stereocenters. The van der Waals surface area contributed by atoms with E-state index in [2.05, 4.69) is 0 Å². The Balaban J connectivity index is 2.70. The number of hydrogen-bond donors (Lipinski definition) is 3. The predicted molar refractivity (Wildman–Crippen MR) is 69.3 cm³/mol. The fourth-order valence-corrected chi connectivity index (χ4v) is 1.77. The van der Waals surface area contributed by atoms with E-state index in [1.54, 1.807) is 20.1 Å². The van der Waals surface area contributed by atoms with E-state index < -0.39 is 5.91 Å². The zero-order valence-electron chi connectivity index (χ0n) is 11.3. The molecule has 0 saturated heterocycles. The van der Waals surface area contributed by atoms with Gasteiger partial charge in [-0.3, -0.25) is 15.1 Å². The largest absolute Gasteiger partial charge is 0.454 e. The molecule has 7 nitrogen and oxygen atoms in total. The lowest BCUT2D eigenvalue weighted by Crippen LogP contribution is -2.30. The van der Waals surface area contributed by atoms with Crippen LogP contribution in [0.3, 0.4) is 0 Å². The summed E-state index contributed by atoms with van der Waals surface area (Å²) >= 11 is 0. The van der Waals surface area contributed by atoms with Crippen LogP contribution < -0.4 is 11.3 Å². The molecule has 4 N–H and O–H groups in total. The van der Waals surface area contributed by atoms with Crippen molar-refractivity contribution in [2.75, 3.05) is 33.4 Å². The highest BCUT2D eigenvalue weighted by Gasteiger charge is 2.16. The van der Waals surface area contributed by atoms with Gasteiger partial charge >= 0.3 is 5.91 Å². The molecular formula is C12H21N3O4. The van der Waals surface area contributed by atoms with E-state index in [9.17, 15) is 4.79 Å². The molecule has 0 aliphatic carbocycles. The lowest BCUT2D eigenvalue weighted by molar-refractivity contribution is 0.0916. The van der Waals surface area contributed by atoms with Gasteiger partial charge in [-0.15, -0.1) is 0 Å². The topological polar surface area (TPSA) is 101 Å². The number of rotatable bonds is 8. The molecule has 0 aliphatic rings. The maximum atomic E-state index is 11.4. The van der Waals surface area contributed by atoms with Crippen molar-refractivity contribution in [2.45, 2.75) is 13.5 Å². The number of hydrogen-bond acceptors (Lipinski definition) is 6. The number of furan rings is 1. The summed E-state index contributed by atoms with van der Waals surface area (Å²) in [6, 6.07) is 1.79. The van der Waals surface area contributed by atoms with E-state index >= 15 is 0 Å². The number of amides is 1. The average molecular weight is 271 g/mol. The molecule has 19 heavy (non-hydrogen) atoms. The van der Waals surface area contributed by atoms with Crippen LogP contribution in [0.25, 0.3) is 0 Å². The van der Waals surface area contributed by atoms with Crippen LogP contribution in [-0.4, -0.2) is 49.3 Å². The zero-order chi connectivity index (χ0) is 14.3. The first-order chi connectivity index (χ1) is 9.12. The van der Waals surface area contributed by atoms with Gasteiger partial charge in [0.2, 0.25) is 0 Å². The average Bonchev–Trinajstić information content (AvgIpc) is 2.76. The number of nitrogens with two attached hydrogens (primary N) is 1. The Labute approximate surface area is 112 Å². The van der Waals surface area contributed by atoms with Gasteiger partial charge in [0, 0.05) is 25.8 Å². The van der Waals surface area contributed by atoms with Crippen LogP contribution in [0.4, 0.5) is 0 Å². The number of nitrogen functional groups attached to an aromatic ring is 1. The van der Waals surface area contributed by atoms with Crippen LogP contribution in [0, 0.1) is 6.92 Å². The number of aliphatic hydroxyl groups excluding tert-OH is 1. The third-order valence-electron chi connectivity index (χ3n) is 2.71. The lowest BCUT2D eigenvalue weighted by Gasteiger charge is -2.19. The van der Waals surface area contributed by atoms with Crippen molar-refractivity contribution >= 4 is 5.91 Å². The minimum atomic E-state index is -0.450. The van der Waals surface area contributed by atoms with E-state index in [0.717, 1.165) is 5.56 Å². The van der Waals surface area contributed by atoms with Gasteiger partial charge in [-0.2, -0.15) is 0 Å². The highest BCUT2D eigenvalue weighted by Crippen LogP contribution is 2.16. The van der Waals surface area contributed by atoms with E-state index in [0.29, 0.717) is 32.0 Å². The summed E-state index contributed by atoms with van der Waals surface area (Å²) < 4.78 is 10.5. The fraction of sp³-hybridized carbons (Fsp3) is 0.583. The first-order valence-corrected chi connectivity index (χ1v) is 6.04. The standard InChI is InChI=1S/C12H21N3O4/c1-9-7-10(19-11(9)12(17)14-13)8-15(3-5-16)4-6-18-2/h7,16H,3-6,8,13H2,1-2H3,(H,14,17). The molecule has 0 unspecified atom stereocenters. The van der Waals surface area contributed by atoms with Crippen LogP contribution in [0.15, 0.2) is 10.5 Å². The summed E-state index contributed by atoms with van der Waals surface area (Å²) in [5, 5.41) is 9.01. The van der Waals surface area contributed by atoms with Gasteiger partial charge in [0.25, 0.3) is 0 Å². The molecule has 0 bridgehead atoms. The molecule has 0 aliphatic heterocycles. The molecule has 0 aromatic carbocycles. The Morgan fingerprint density at radius 1 is 1.58 bits per heavy atom. The van der Waals surface area contributed by atoms with Gasteiger partial charge in [0.05, 0.1) is 19.8 Å². The first kappa shape index (κ1) is 15.6. The zero-order valence-corrected chi connectivity index (χ0v) is 11.3. The summed E-state index contributed by atoms with van der Waals surface area (Å²) in [6.07, 6.45) is 0. The number of ether oxygens (including phenoxy) is 1. The summed E-state index contributed by atoms with van der Waals surface area (Å²) in [4.78, 5) is 13.4. The summed E-state index contributed by atoms with van der Waals surface area (Å²) in [6.45, 7) is 4.10. The van der Waals surface area contributed by atoms with Crippen molar-refractivity contribution in [3.05, 3.63) is 23.2 Å². The highest BCUT2D eigenvalue weighted by molar-refractivity contribution is 5.92. The van der Waals surface area contributed by atoms with Crippen LogP contribution in [0.1, 0.15) is 21.9 Å². The van der Waals surface area contributed by atoms with Crippen LogP contribution >= 0.6 is 0 Å². The van der Waals surface area contributed by atoms with Gasteiger partial charge in [-0.1, -0.05) is 0 Å². The van der Waals surface area contributed by atoms with Gasteiger partial charge in [0.1, 0.15) is 5.76 Å². The maximum Gasteiger partial charge on any atom is 0.301 e. The van der Waals surface area contributed by atoms with Crippen molar-refractivity contribution in [1.29, 1.82) is 0 Å². The Hall–Kier alpha value is -1.41. The molecule has 0 saturated carbocycles. The number of nitrogens with zero attached hydrogens (tertiary/aromatic N) is 1. The van der Waals surface area contributed by atoms with Crippen LogP contribution in [0.2, 0.25) is 0 Å². The molecule has 1 heterocycles. The minimum absolute atomic E-state index is 0.0551.